The predicted octanol–water partition coefficient (Wildman–Crippen LogP) is 1.87. The molecule has 0 saturated carbocycles. The molecule has 0 amide bonds. The molecule has 0 bridgehead atoms. The Hall–Kier alpha value is -0.870. The van der Waals surface area contributed by atoms with E-state index in [1.54, 1.807) is 0 Å². The summed E-state index contributed by atoms with van der Waals surface area (Å²) < 4.78 is 2.25. The summed E-state index contributed by atoms with van der Waals surface area (Å²) in [5.41, 5.74) is 1.30. The van der Waals surface area contributed by atoms with Crippen molar-refractivity contribution < 1.29 is 0 Å². The van der Waals surface area contributed by atoms with Gasteiger partial charge in [0.1, 0.15) is 0 Å². The van der Waals surface area contributed by atoms with E-state index in [9.17, 15) is 0 Å². The van der Waals surface area contributed by atoms with Crippen LogP contribution in [0.3, 0.4) is 0 Å². The number of nitrogens with one attached hydrogen (secondary N) is 1. The molecule has 1 fully saturated rings. The van der Waals surface area contributed by atoms with Gasteiger partial charge in [-0.1, -0.05) is 6.92 Å². The van der Waals surface area contributed by atoms with Gasteiger partial charge in [0.2, 0.25) is 0 Å². The number of imidazole rings is 1. The lowest BCUT2D eigenvalue weighted by Crippen LogP contribution is -2.37. The average molecular weight is 250 g/mol. The van der Waals surface area contributed by atoms with E-state index in [4.69, 9.17) is 0 Å². The minimum absolute atomic E-state index is 0.549. The summed E-state index contributed by atoms with van der Waals surface area (Å²) in [7, 11) is 0. The maximum atomic E-state index is 4.23. The van der Waals surface area contributed by atoms with Gasteiger partial charge < -0.3 is 14.8 Å². The second-order valence-electron chi connectivity index (χ2n) is 5.37. The molecular weight excluding hydrogens is 224 g/mol. The van der Waals surface area contributed by atoms with Crippen molar-refractivity contribution in [3.05, 3.63) is 18.2 Å². The molecule has 1 saturated heterocycles. The highest BCUT2D eigenvalue weighted by Gasteiger charge is 2.14. The van der Waals surface area contributed by atoms with Crippen LogP contribution in [0.1, 0.15) is 38.8 Å². The molecule has 1 atom stereocenters. The lowest BCUT2D eigenvalue weighted by Gasteiger charge is -2.21. The van der Waals surface area contributed by atoms with Crippen molar-refractivity contribution in [1.82, 2.24) is 19.8 Å². The molecular formula is C14H26N4. The first kappa shape index (κ1) is 13.6. The molecule has 0 aliphatic carbocycles. The van der Waals surface area contributed by atoms with Crippen molar-refractivity contribution >= 4 is 0 Å². The zero-order valence-corrected chi connectivity index (χ0v) is 11.7. The van der Waals surface area contributed by atoms with Gasteiger partial charge in [-0.15, -0.1) is 0 Å². The van der Waals surface area contributed by atoms with E-state index in [-0.39, 0.29) is 0 Å². The fourth-order valence-electron chi connectivity index (χ4n) is 2.63. The smallest absolute Gasteiger partial charge is 0.0948 e. The number of rotatable bonds is 7. The molecule has 2 rings (SSSR count). The van der Waals surface area contributed by atoms with Crippen LogP contribution in [-0.2, 0) is 13.1 Å². The van der Waals surface area contributed by atoms with Crippen molar-refractivity contribution in [3.8, 4) is 0 Å². The van der Waals surface area contributed by atoms with Gasteiger partial charge in [0.05, 0.1) is 12.0 Å². The first-order valence-corrected chi connectivity index (χ1v) is 7.24. The molecule has 18 heavy (non-hydrogen) atoms. The lowest BCUT2D eigenvalue weighted by atomic mass is 10.3. The van der Waals surface area contributed by atoms with Gasteiger partial charge >= 0.3 is 0 Å². The summed E-state index contributed by atoms with van der Waals surface area (Å²) in [6, 6.07) is 0.549. The van der Waals surface area contributed by atoms with Crippen LogP contribution in [0, 0.1) is 0 Å². The lowest BCUT2D eigenvalue weighted by molar-refractivity contribution is 0.297. The molecule has 4 nitrogen and oxygen atoms in total. The molecule has 2 heterocycles. The van der Waals surface area contributed by atoms with E-state index in [2.05, 4.69) is 33.6 Å². The highest BCUT2D eigenvalue weighted by Crippen LogP contribution is 2.08. The molecule has 0 spiro atoms. The summed E-state index contributed by atoms with van der Waals surface area (Å²) in [6.07, 6.45) is 7.82. The molecule has 102 valence electrons. The number of aromatic nitrogens is 2. The molecule has 1 aliphatic heterocycles. The van der Waals surface area contributed by atoms with Gasteiger partial charge in [-0.3, -0.25) is 0 Å². The van der Waals surface area contributed by atoms with Crippen LogP contribution in [0.4, 0.5) is 0 Å². The van der Waals surface area contributed by atoms with Gasteiger partial charge in [0, 0.05) is 31.9 Å². The van der Waals surface area contributed by atoms with Crippen LogP contribution in [0.25, 0.3) is 0 Å². The van der Waals surface area contributed by atoms with Crippen molar-refractivity contribution in [2.75, 3.05) is 19.6 Å². The second-order valence-corrected chi connectivity index (χ2v) is 5.37. The van der Waals surface area contributed by atoms with Crippen LogP contribution in [0.15, 0.2) is 12.5 Å². The number of likely N-dealkylation sites (tertiary alicyclic amines) is 1. The molecule has 1 unspecified atom stereocenters. The highest BCUT2D eigenvalue weighted by molar-refractivity contribution is 4.98. The number of nitrogens with zero attached hydrogens (tertiary/aromatic N) is 3. The third kappa shape index (κ3) is 3.82. The predicted molar refractivity (Wildman–Crippen MR) is 74.5 cm³/mol. The zero-order chi connectivity index (χ0) is 12.8. The third-order valence-electron chi connectivity index (χ3n) is 3.63. The van der Waals surface area contributed by atoms with Gasteiger partial charge in [0.15, 0.2) is 0 Å². The van der Waals surface area contributed by atoms with Crippen molar-refractivity contribution in [2.45, 2.75) is 52.2 Å². The quantitative estimate of drug-likeness (QED) is 0.802. The number of aryl methyl sites for hydroxylation is 1. The Morgan fingerprint density at radius 3 is 2.89 bits per heavy atom. The Balaban J connectivity index is 1.74. The minimum Gasteiger partial charge on any atom is -0.333 e. The monoisotopic (exact) mass is 250 g/mol. The van der Waals surface area contributed by atoms with E-state index in [0.29, 0.717) is 6.04 Å². The molecule has 1 aliphatic rings. The first-order chi connectivity index (χ1) is 8.79. The molecule has 0 aromatic carbocycles. The average Bonchev–Trinajstić information content (AvgIpc) is 2.99. The van der Waals surface area contributed by atoms with Crippen LogP contribution in [-0.4, -0.2) is 40.1 Å². The molecule has 4 heteroatoms. The first-order valence-electron chi connectivity index (χ1n) is 7.24. The van der Waals surface area contributed by atoms with E-state index in [1.807, 2.05) is 12.5 Å². The van der Waals surface area contributed by atoms with E-state index in [1.165, 1.54) is 38.2 Å². The topological polar surface area (TPSA) is 33.1 Å². The molecule has 0 radical (unpaired) electrons. The fourth-order valence-corrected chi connectivity index (χ4v) is 2.63. The molecule has 1 aromatic heterocycles. The Morgan fingerprint density at radius 1 is 1.39 bits per heavy atom. The fraction of sp³-hybridized carbons (Fsp3) is 0.786. The maximum absolute atomic E-state index is 4.23. The van der Waals surface area contributed by atoms with Crippen molar-refractivity contribution in [2.24, 2.45) is 0 Å². The zero-order valence-electron chi connectivity index (χ0n) is 11.7. The highest BCUT2D eigenvalue weighted by atomic mass is 15.2. The summed E-state index contributed by atoms with van der Waals surface area (Å²) in [5.74, 6) is 0. The van der Waals surface area contributed by atoms with Gasteiger partial charge in [-0.25, -0.2) is 4.98 Å². The third-order valence-corrected chi connectivity index (χ3v) is 3.63. The maximum Gasteiger partial charge on any atom is 0.0948 e. The minimum atomic E-state index is 0.549. The Labute approximate surface area is 110 Å². The van der Waals surface area contributed by atoms with Crippen molar-refractivity contribution in [1.29, 1.82) is 0 Å². The Morgan fingerprint density at radius 2 is 2.17 bits per heavy atom. The van der Waals surface area contributed by atoms with E-state index < -0.39 is 0 Å². The standard InChI is InChI=1S/C14H26N4/c1-3-6-18-12-15-9-14(18)10-16-13(2)11-17-7-4-5-8-17/h9,12-13,16H,3-8,10-11H2,1-2H3. The van der Waals surface area contributed by atoms with Gasteiger partial charge in [0.25, 0.3) is 0 Å². The SMILES string of the molecule is CCCn1cncc1CNC(C)CN1CCCC1. The second kappa shape index (κ2) is 6.90. The van der Waals surface area contributed by atoms with Gasteiger partial charge in [-0.2, -0.15) is 0 Å². The van der Waals surface area contributed by atoms with Gasteiger partial charge in [-0.05, 0) is 39.3 Å². The number of hydrogen-bond donors (Lipinski definition) is 1. The number of hydrogen-bond acceptors (Lipinski definition) is 3. The van der Waals surface area contributed by atoms with E-state index >= 15 is 0 Å². The molecule has 1 aromatic rings. The summed E-state index contributed by atoms with van der Waals surface area (Å²) >= 11 is 0. The largest absolute Gasteiger partial charge is 0.333 e. The summed E-state index contributed by atoms with van der Waals surface area (Å²) in [4.78, 5) is 6.79. The summed E-state index contributed by atoms with van der Waals surface area (Å²) in [6.45, 7) is 10.2. The van der Waals surface area contributed by atoms with Crippen LogP contribution in [0.5, 0.6) is 0 Å². The Bertz CT molecular complexity index is 341. The van der Waals surface area contributed by atoms with Crippen molar-refractivity contribution in [3.63, 3.8) is 0 Å². The summed E-state index contributed by atoms with van der Waals surface area (Å²) in [5, 5.41) is 3.61. The van der Waals surface area contributed by atoms with Crippen LogP contribution in [0.2, 0.25) is 0 Å². The Kier molecular flexibility index (Phi) is 5.20. The van der Waals surface area contributed by atoms with Crippen LogP contribution < -0.4 is 5.32 Å². The van der Waals surface area contributed by atoms with Crippen LogP contribution >= 0.6 is 0 Å². The molecule has 1 N–H and O–H groups in total. The van der Waals surface area contributed by atoms with E-state index in [0.717, 1.165) is 19.5 Å². The normalized spacial score (nSPS) is 18.3.